The van der Waals surface area contributed by atoms with E-state index in [4.69, 9.17) is 4.74 Å². The van der Waals surface area contributed by atoms with Gasteiger partial charge in [0.15, 0.2) is 0 Å². The highest BCUT2D eigenvalue weighted by Crippen LogP contribution is 2.38. The van der Waals surface area contributed by atoms with Crippen LogP contribution in [0.2, 0.25) is 0 Å². The van der Waals surface area contributed by atoms with E-state index in [0.29, 0.717) is 30.1 Å². The number of carbonyl (C=O) groups is 3. The largest absolute Gasteiger partial charge is 0.465 e. The van der Waals surface area contributed by atoms with Crippen LogP contribution in [-0.2, 0) is 33.8 Å². The van der Waals surface area contributed by atoms with Crippen molar-refractivity contribution >= 4 is 39.8 Å². The van der Waals surface area contributed by atoms with Crippen LogP contribution in [0.25, 0.3) is 0 Å². The van der Waals surface area contributed by atoms with Crippen molar-refractivity contribution in [1.82, 2.24) is 4.90 Å². The fraction of sp³-hybridized carbons (Fsp3) is 0.296. The maximum atomic E-state index is 13.2. The number of para-hydroxylation sites is 1. The Kier molecular flexibility index (Phi) is 6.66. The molecule has 1 N–H and O–H groups in total. The second-order valence-corrected chi connectivity index (χ2v) is 9.98. The van der Waals surface area contributed by atoms with Gasteiger partial charge in [0, 0.05) is 43.2 Å². The van der Waals surface area contributed by atoms with Gasteiger partial charge in [0.25, 0.3) is 0 Å². The molecule has 3 heterocycles. The molecule has 1 saturated heterocycles. The maximum Gasteiger partial charge on any atom is 0.341 e. The third kappa shape index (κ3) is 4.85. The lowest BCUT2D eigenvalue weighted by atomic mass is 10.0. The van der Waals surface area contributed by atoms with E-state index >= 15 is 0 Å². The topological polar surface area (TPSA) is 78.9 Å². The summed E-state index contributed by atoms with van der Waals surface area (Å²) >= 11 is 1.43. The number of hydrogen-bond acceptors (Lipinski definition) is 6. The van der Waals surface area contributed by atoms with Crippen molar-refractivity contribution in [3.05, 3.63) is 82.2 Å². The van der Waals surface area contributed by atoms with Crippen LogP contribution in [0.5, 0.6) is 0 Å². The third-order valence-corrected chi connectivity index (χ3v) is 7.71. The van der Waals surface area contributed by atoms with Gasteiger partial charge in [-0.15, -0.1) is 11.3 Å². The van der Waals surface area contributed by atoms with Gasteiger partial charge in [-0.25, -0.2) is 4.79 Å². The molecule has 0 radical (unpaired) electrons. The van der Waals surface area contributed by atoms with E-state index in [1.165, 1.54) is 24.0 Å². The van der Waals surface area contributed by atoms with Gasteiger partial charge in [-0.1, -0.05) is 48.5 Å². The van der Waals surface area contributed by atoms with Crippen molar-refractivity contribution in [3.8, 4) is 0 Å². The van der Waals surface area contributed by atoms with Gasteiger partial charge in [0.05, 0.1) is 18.6 Å². The molecule has 2 aliphatic rings. The highest BCUT2D eigenvalue weighted by atomic mass is 32.1. The van der Waals surface area contributed by atoms with Gasteiger partial charge in [-0.2, -0.15) is 0 Å². The molecule has 2 aromatic carbocycles. The summed E-state index contributed by atoms with van der Waals surface area (Å²) < 4.78 is 5.06. The first-order valence-electron chi connectivity index (χ1n) is 11.7. The summed E-state index contributed by atoms with van der Waals surface area (Å²) in [6.07, 6.45) is 0.854. The number of thiophene rings is 1. The fourth-order valence-electron chi connectivity index (χ4n) is 4.79. The Balaban J connectivity index is 1.33. The first kappa shape index (κ1) is 23.3. The number of nitrogens with one attached hydrogen (secondary N) is 1. The molecular formula is C27H27N3O4S. The van der Waals surface area contributed by atoms with Crippen molar-refractivity contribution in [2.24, 2.45) is 5.92 Å². The maximum absolute atomic E-state index is 13.2. The molecule has 2 aliphatic heterocycles. The van der Waals surface area contributed by atoms with Crippen molar-refractivity contribution in [1.29, 1.82) is 0 Å². The predicted molar refractivity (Wildman–Crippen MR) is 135 cm³/mol. The summed E-state index contributed by atoms with van der Waals surface area (Å²) in [5.74, 6) is -1.25. The molecule has 5 rings (SSSR count). The van der Waals surface area contributed by atoms with Crippen LogP contribution < -0.4 is 10.2 Å². The Labute approximate surface area is 208 Å². The highest BCUT2D eigenvalue weighted by molar-refractivity contribution is 7.17. The SMILES string of the molecule is COC(=O)c1c(NC(=O)C2CC(=O)N(c3ccccc3)C2)sc2c1CCN(Cc1ccccc1)C2. The Hall–Kier alpha value is -3.49. The Bertz CT molecular complexity index is 1240. The van der Waals surface area contributed by atoms with Gasteiger partial charge in [0.1, 0.15) is 5.00 Å². The van der Waals surface area contributed by atoms with E-state index in [0.717, 1.165) is 29.2 Å². The molecule has 7 nitrogen and oxygen atoms in total. The summed E-state index contributed by atoms with van der Waals surface area (Å²) in [5.41, 5.74) is 3.43. The Morgan fingerprint density at radius 1 is 1.09 bits per heavy atom. The normalized spacial score (nSPS) is 17.8. The molecule has 8 heteroatoms. The van der Waals surface area contributed by atoms with E-state index in [2.05, 4.69) is 22.3 Å². The lowest BCUT2D eigenvalue weighted by Crippen LogP contribution is -2.30. The smallest absolute Gasteiger partial charge is 0.341 e. The van der Waals surface area contributed by atoms with E-state index in [1.54, 1.807) is 4.90 Å². The number of fused-ring (bicyclic) bond motifs is 1. The van der Waals surface area contributed by atoms with Crippen LogP contribution in [0.15, 0.2) is 60.7 Å². The lowest BCUT2D eigenvalue weighted by Gasteiger charge is -2.27. The molecule has 2 amide bonds. The molecule has 0 aliphatic carbocycles. The fourth-order valence-corrected chi connectivity index (χ4v) is 6.07. The summed E-state index contributed by atoms with van der Waals surface area (Å²) in [5, 5.41) is 3.48. The van der Waals surface area contributed by atoms with Crippen molar-refractivity contribution in [3.63, 3.8) is 0 Å². The molecular weight excluding hydrogens is 462 g/mol. The van der Waals surface area contributed by atoms with Crippen LogP contribution in [0.3, 0.4) is 0 Å². The molecule has 1 unspecified atom stereocenters. The zero-order valence-electron chi connectivity index (χ0n) is 19.5. The second kappa shape index (κ2) is 10.0. The number of nitrogens with zero attached hydrogens (tertiary/aromatic N) is 2. The van der Waals surface area contributed by atoms with Gasteiger partial charge >= 0.3 is 5.97 Å². The Morgan fingerprint density at radius 2 is 1.80 bits per heavy atom. The van der Waals surface area contributed by atoms with Crippen molar-refractivity contribution < 1.29 is 19.1 Å². The third-order valence-electron chi connectivity index (χ3n) is 6.57. The summed E-state index contributed by atoms with van der Waals surface area (Å²) in [6, 6.07) is 19.6. The van der Waals surface area contributed by atoms with Gasteiger partial charge < -0.3 is 15.0 Å². The van der Waals surface area contributed by atoms with Crippen molar-refractivity contribution in [2.75, 3.05) is 30.4 Å². The van der Waals surface area contributed by atoms with Gasteiger partial charge in [0.2, 0.25) is 11.8 Å². The Morgan fingerprint density at radius 3 is 2.51 bits per heavy atom. The molecule has 0 spiro atoms. The zero-order valence-corrected chi connectivity index (χ0v) is 20.3. The number of rotatable bonds is 6. The zero-order chi connectivity index (χ0) is 24.4. The average Bonchev–Trinajstić information content (AvgIpc) is 3.44. The summed E-state index contributed by atoms with van der Waals surface area (Å²) in [7, 11) is 1.36. The first-order chi connectivity index (χ1) is 17.0. The minimum Gasteiger partial charge on any atom is -0.465 e. The highest BCUT2D eigenvalue weighted by Gasteiger charge is 2.36. The predicted octanol–water partition coefficient (Wildman–Crippen LogP) is 4.08. The molecule has 1 atom stereocenters. The van der Waals surface area contributed by atoms with Crippen LogP contribution in [0.1, 0.15) is 32.8 Å². The van der Waals surface area contributed by atoms with Crippen LogP contribution in [0, 0.1) is 5.92 Å². The lowest BCUT2D eigenvalue weighted by molar-refractivity contribution is -0.122. The quantitative estimate of drug-likeness (QED) is 0.528. The first-order valence-corrected chi connectivity index (χ1v) is 12.5. The monoisotopic (exact) mass is 489 g/mol. The molecule has 35 heavy (non-hydrogen) atoms. The molecule has 1 fully saturated rings. The number of methoxy groups -OCH3 is 1. The number of amides is 2. The molecule has 1 aromatic heterocycles. The van der Waals surface area contributed by atoms with Gasteiger partial charge in [-0.05, 0) is 29.7 Å². The number of ether oxygens (including phenoxy) is 1. The number of hydrogen-bond donors (Lipinski definition) is 1. The minimum atomic E-state index is -0.484. The van der Waals surface area contributed by atoms with Crippen LogP contribution in [-0.4, -0.2) is 42.9 Å². The van der Waals surface area contributed by atoms with E-state index < -0.39 is 11.9 Å². The van der Waals surface area contributed by atoms with Gasteiger partial charge in [-0.3, -0.25) is 14.5 Å². The van der Waals surface area contributed by atoms with Crippen molar-refractivity contribution in [2.45, 2.75) is 25.9 Å². The average molecular weight is 490 g/mol. The van der Waals surface area contributed by atoms with E-state index in [9.17, 15) is 14.4 Å². The molecule has 0 saturated carbocycles. The van der Waals surface area contributed by atoms with E-state index in [1.807, 2.05) is 48.5 Å². The summed E-state index contributed by atoms with van der Waals surface area (Å²) in [4.78, 5) is 43.5. The standard InChI is InChI=1S/C27H27N3O4S/c1-34-27(33)24-21-12-13-29(15-18-8-4-2-5-9-18)17-22(21)35-26(24)28-25(32)19-14-23(31)30(16-19)20-10-6-3-7-11-20/h2-11,19H,12-17H2,1H3,(H,28,32). The van der Waals surface area contributed by atoms with Crippen LogP contribution in [0.4, 0.5) is 10.7 Å². The molecule has 180 valence electrons. The molecule has 0 bridgehead atoms. The minimum absolute atomic E-state index is 0.0773. The number of benzene rings is 2. The van der Waals surface area contributed by atoms with Crippen LogP contribution >= 0.6 is 11.3 Å². The molecule has 3 aromatic rings. The number of carbonyl (C=O) groups excluding carboxylic acids is 3. The number of esters is 1. The second-order valence-electron chi connectivity index (χ2n) is 8.88. The summed E-state index contributed by atoms with van der Waals surface area (Å²) in [6.45, 7) is 2.67. The number of anilines is 2. The van der Waals surface area contributed by atoms with E-state index in [-0.39, 0.29) is 18.2 Å².